The maximum Gasteiger partial charge on any atom is 0.150 e. The highest BCUT2D eigenvalue weighted by molar-refractivity contribution is 5.89. The number of hydrogen-bond donors (Lipinski definition) is 0. The van der Waals surface area contributed by atoms with E-state index >= 15 is 0 Å². The largest absolute Gasteiger partial charge is 0.493 e. The summed E-state index contributed by atoms with van der Waals surface area (Å²) >= 11 is 0. The maximum atomic E-state index is 11.2. The second-order valence-corrected chi connectivity index (χ2v) is 4.55. The molecule has 0 fully saturated rings. The highest BCUT2D eigenvalue weighted by atomic mass is 16.5. The van der Waals surface area contributed by atoms with Gasteiger partial charge in [-0.2, -0.15) is 0 Å². The van der Waals surface area contributed by atoms with Crippen LogP contribution in [-0.4, -0.2) is 12.9 Å². The summed E-state index contributed by atoms with van der Waals surface area (Å²) in [4.78, 5) is 11.2. The van der Waals surface area contributed by atoms with Crippen molar-refractivity contribution in [2.24, 2.45) is 0 Å². The first kappa shape index (κ1) is 13.3. The molecule has 2 rings (SSSR count). The summed E-state index contributed by atoms with van der Waals surface area (Å²) in [7, 11) is 0. The van der Waals surface area contributed by atoms with Gasteiger partial charge in [0.15, 0.2) is 6.29 Å². The van der Waals surface area contributed by atoms with Crippen molar-refractivity contribution >= 4 is 6.29 Å². The van der Waals surface area contributed by atoms with Gasteiger partial charge in [0.2, 0.25) is 0 Å². The summed E-state index contributed by atoms with van der Waals surface area (Å²) in [5.41, 5.74) is 3.73. The molecule has 0 amide bonds. The number of rotatable bonds is 5. The van der Waals surface area contributed by atoms with Crippen LogP contribution in [-0.2, 0) is 0 Å². The lowest BCUT2D eigenvalue weighted by molar-refractivity contribution is 0.112. The molecular weight excluding hydrogens is 236 g/mol. The zero-order valence-electron chi connectivity index (χ0n) is 11.3. The molecule has 0 aliphatic carbocycles. The predicted octanol–water partition coefficient (Wildman–Crippen LogP) is 4.26. The molecule has 0 saturated carbocycles. The van der Waals surface area contributed by atoms with E-state index in [1.807, 2.05) is 49.4 Å². The Kier molecular flexibility index (Phi) is 4.35. The smallest absolute Gasteiger partial charge is 0.150 e. The van der Waals surface area contributed by atoms with Crippen LogP contribution >= 0.6 is 0 Å². The van der Waals surface area contributed by atoms with Crippen LogP contribution in [0.4, 0.5) is 0 Å². The number of ether oxygens (including phenoxy) is 1. The van der Waals surface area contributed by atoms with E-state index in [1.165, 1.54) is 0 Å². The molecule has 0 N–H and O–H groups in total. The van der Waals surface area contributed by atoms with Crippen LogP contribution in [0.2, 0.25) is 0 Å². The number of aldehydes is 1. The lowest BCUT2D eigenvalue weighted by Gasteiger charge is -2.13. The van der Waals surface area contributed by atoms with E-state index in [2.05, 4.69) is 6.92 Å². The molecular formula is C17H18O2. The molecule has 2 aromatic carbocycles. The first-order chi connectivity index (χ1) is 9.26. The third-order valence-corrected chi connectivity index (χ3v) is 2.97. The molecule has 0 atom stereocenters. The lowest BCUT2D eigenvalue weighted by Crippen LogP contribution is -1.98. The van der Waals surface area contributed by atoms with Crippen molar-refractivity contribution in [3.8, 4) is 16.9 Å². The number of aryl methyl sites for hydroxylation is 1. The van der Waals surface area contributed by atoms with Gasteiger partial charge in [0, 0.05) is 11.1 Å². The molecule has 0 heterocycles. The fourth-order valence-electron chi connectivity index (χ4n) is 2.03. The number of carbonyl (C=O) groups is 1. The normalized spacial score (nSPS) is 10.2. The SMILES string of the molecule is CCCOc1ccccc1-c1cc(C)ccc1C=O. The van der Waals surface area contributed by atoms with E-state index < -0.39 is 0 Å². The van der Waals surface area contributed by atoms with Gasteiger partial charge in [0.1, 0.15) is 5.75 Å². The zero-order chi connectivity index (χ0) is 13.7. The van der Waals surface area contributed by atoms with Crippen LogP contribution in [0.25, 0.3) is 11.1 Å². The molecule has 0 radical (unpaired) electrons. The minimum absolute atomic E-state index is 0.680. The molecule has 0 spiro atoms. The summed E-state index contributed by atoms with van der Waals surface area (Å²) in [6.07, 6.45) is 1.86. The summed E-state index contributed by atoms with van der Waals surface area (Å²) in [6.45, 7) is 4.78. The monoisotopic (exact) mass is 254 g/mol. The van der Waals surface area contributed by atoms with Gasteiger partial charge in [-0.1, -0.05) is 48.9 Å². The van der Waals surface area contributed by atoms with Crippen LogP contribution in [0.3, 0.4) is 0 Å². The van der Waals surface area contributed by atoms with Gasteiger partial charge in [-0.15, -0.1) is 0 Å². The maximum absolute atomic E-state index is 11.2. The van der Waals surface area contributed by atoms with Gasteiger partial charge in [-0.25, -0.2) is 0 Å². The number of para-hydroxylation sites is 1. The quantitative estimate of drug-likeness (QED) is 0.745. The standard InChI is InChI=1S/C17H18O2/c1-3-10-19-17-7-5-4-6-15(17)16-11-13(2)8-9-14(16)12-18/h4-9,11-12H,3,10H2,1-2H3. The van der Waals surface area contributed by atoms with Gasteiger partial charge < -0.3 is 4.74 Å². The molecule has 98 valence electrons. The van der Waals surface area contributed by atoms with Crippen molar-refractivity contribution in [2.75, 3.05) is 6.61 Å². The van der Waals surface area contributed by atoms with Crippen molar-refractivity contribution in [1.82, 2.24) is 0 Å². The highest BCUT2D eigenvalue weighted by Crippen LogP contribution is 2.32. The Morgan fingerprint density at radius 2 is 1.89 bits per heavy atom. The van der Waals surface area contributed by atoms with Crippen molar-refractivity contribution in [3.63, 3.8) is 0 Å². The van der Waals surface area contributed by atoms with Gasteiger partial charge in [-0.05, 0) is 25.0 Å². The molecule has 0 unspecified atom stereocenters. The average Bonchev–Trinajstić information content (AvgIpc) is 2.45. The van der Waals surface area contributed by atoms with E-state index in [4.69, 9.17) is 4.74 Å². The van der Waals surface area contributed by atoms with E-state index in [1.54, 1.807) is 0 Å². The second kappa shape index (κ2) is 6.19. The van der Waals surface area contributed by atoms with Crippen LogP contribution in [0.15, 0.2) is 42.5 Å². The van der Waals surface area contributed by atoms with E-state index in [0.29, 0.717) is 12.2 Å². The molecule has 0 bridgehead atoms. The molecule has 19 heavy (non-hydrogen) atoms. The highest BCUT2D eigenvalue weighted by Gasteiger charge is 2.10. The Morgan fingerprint density at radius 3 is 2.63 bits per heavy atom. The van der Waals surface area contributed by atoms with E-state index in [0.717, 1.165) is 35.1 Å². The van der Waals surface area contributed by atoms with Gasteiger partial charge in [0.05, 0.1) is 6.61 Å². The van der Waals surface area contributed by atoms with Crippen LogP contribution in [0.5, 0.6) is 5.75 Å². The van der Waals surface area contributed by atoms with Crippen molar-refractivity contribution < 1.29 is 9.53 Å². The minimum Gasteiger partial charge on any atom is -0.493 e. The Labute approximate surface area is 114 Å². The van der Waals surface area contributed by atoms with Crippen molar-refractivity contribution in [3.05, 3.63) is 53.6 Å². The van der Waals surface area contributed by atoms with Gasteiger partial charge in [0.25, 0.3) is 0 Å². The summed E-state index contributed by atoms with van der Waals surface area (Å²) in [5.74, 6) is 0.832. The summed E-state index contributed by atoms with van der Waals surface area (Å²) in [6, 6.07) is 13.7. The third kappa shape index (κ3) is 3.02. The van der Waals surface area contributed by atoms with Gasteiger partial charge in [-0.3, -0.25) is 4.79 Å². The van der Waals surface area contributed by atoms with Crippen LogP contribution < -0.4 is 4.74 Å². The fourth-order valence-corrected chi connectivity index (χ4v) is 2.03. The van der Waals surface area contributed by atoms with Crippen LogP contribution in [0.1, 0.15) is 29.3 Å². The lowest BCUT2D eigenvalue weighted by atomic mass is 9.97. The molecule has 2 aromatic rings. The van der Waals surface area contributed by atoms with Crippen molar-refractivity contribution in [1.29, 1.82) is 0 Å². The molecule has 2 nitrogen and oxygen atoms in total. The Bertz CT molecular complexity index is 573. The second-order valence-electron chi connectivity index (χ2n) is 4.55. The Balaban J connectivity index is 2.51. The molecule has 0 aliphatic rings. The molecule has 0 aromatic heterocycles. The number of benzene rings is 2. The number of hydrogen-bond acceptors (Lipinski definition) is 2. The molecule has 0 aliphatic heterocycles. The van der Waals surface area contributed by atoms with E-state index in [9.17, 15) is 4.79 Å². The molecule has 2 heteroatoms. The summed E-state index contributed by atoms with van der Waals surface area (Å²) in [5, 5.41) is 0. The zero-order valence-corrected chi connectivity index (χ0v) is 11.3. The number of carbonyl (C=O) groups excluding carboxylic acids is 1. The topological polar surface area (TPSA) is 26.3 Å². The van der Waals surface area contributed by atoms with E-state index in [-0.39, 0.29) is 0 Å². The predicted molar refractivity (Wildman–Crippen MR) is 77.8 cm³/mol. The third-order valence-electron chi connectivity index (χ3n) is 2.97. The first-order valence-corrected chi connectivity index (χ1v) is 6.54. The van der Waals surface area contributed by atoms with Crippen LogP contribution in [0, 0.1) is 6.92 Å². The first-order valence-electron chi connectivity index (χ1n) is 6.54. The minimum atomic E-state index is 0.680. The molecule has 0 saturated heterocycles. The average molecular weight is 254 g/mol. The Morgan fingerprint density at radius 1 is 1.11 bits per heavy atom. The van der Waals surface area contributed by atoms with Gasteiger partial charge >= 0.3 is 0 Å². The fraction of sp³-hybridized carbons (Fsp3) is 0.235. The van der Waals surface area contributed by atoms with Crippen molar-refractivity contribution in [2.45, 2.75) is 20.3 Å². The summed E-state index contributed by atoms with van der Waals surface area (Å²) < 4.78 is 5.76. The Hall–Kier alpha value is -2.09.